The van der Waals surface area contributed by atoms with Crippen LogP contribution in [0.15, 0.2) is 17.5 Å². The van der Waals surface area contributed by atoms with Gasteiger partial charge in [0.05, 0.1) is 13.2 Å². The lowest BCUT2D eigenvalue weighted by molar-refractivity contribution is 0.0695. The van der Waals surface area contributed by atoms with Gasteiger partial charge in [-0.25, -0.2) is 0 Å². The molecule has 0 radical (unpaired) electrons. The van der Waals surface area contributed by atoms with Gasteiger partial charge in [-0.2, -0.15) is 0 Å². The molecule has 0 spiro atoms. The first-order chi connectivity index (χ1) is 7.93. The molecule has 0 saturated heterocycles. The zero-order chi connectivity index (χ0) is 11.5. The molecule has 0 amide bonds. The summed E-state index contributed by atoms with van der Waals surface area (Å²) in [5, 5.41) is 5.53. The van der Waals surface area contributed by atoms with Crippen LogP contribution in [0.5, 0.6) is 0 Å². The van der Waals surface area contributed by atoms with E-state index in [0.29, 0.717) is 13.2 Å². The summed E-state index contributed by atoms with van der Waals surface area (Å²) >= 11 is 1.82. The third-order valence-corrected chi connectivity index (χ3v) is 3.14. The van der Waals surface area contributed by atoms with Crippen molar-refractivity contribution in [3.63, 3.8) is 0 Å². The zero-order valence-corrected chi connectivity index (χ0v) is 10.7. The van der Waals surface area contributed by atoms with Gasteiger partial charge in [0.25, 0.3) is 0 Å². The van der Waals surface area contributed by atoms with Crippen LogP contribution in [-0.2, 0) is 15.9 Å². The summed E-state index contributed by atoms with van der Waals surface area (Å²) in [5.41, 5.74) is 0. The number of hydrogen-bond donors (Lipinski definition) is 1. The lowest BCUT2D eigenvalue weighted by Crippen LogP contribution is -2.19. The maximum absolute atomic E-state index is 5.36. The smallest absolute Gasteiger partial charge is 0.0700 e. The molecule has 0 fully saturated rings. The van der Waals surface area contributed by atoms with Crippen LogP contribution in [0.25, 0.3) is 0 Å². The van der Waals surface area contributed by atoms with E-state index in [9.17, 15) is 0 Å². The second-order valence-electron chi connectivity index (χ2n) is 3.54. The van der Waals surface area contributed by atoms with Gasteiger partial charge >= 0.3 is 0 Å². The van der Waals surface area contributed by atoms with Gasteiger partial charge in [0.15, 0.2) is 0 Å². The van der Waals surface area contributed by atoms with Crippen LogP contribution in [-0.4, -0.2) is 40.0 Å². The van der Waals surface area contributed by atoms with Crippen molar-refractivity contribution in [3.8, 4) is 0 Å². The first-order valence-electron chi connectivity index (χ1n) is 5.73. The Bertz CT molecular complexity index is 239. The molecular formula is C12H21NO2S. The Morgan fingerprint density at radius 3 is 2.94 bits per heavy atom. The summed E-state index contributed by atoms with van der Waals surface area (Å²) < 4.78 is 10.3. The predicted molar refractivity (Wildman–Crippen MR) is 68.2 cm³/mol. The van der Waals surface area contributed by atoms with Crippen molar-refractivity contribution in [2.24, 2.45) is 0 Å². The monoisotopic (exact) mass is 243 g/mol. The largest absolute Gasteiger partial charge is 0.382 e. The molecule has 0 saturated carbocycles. The molecule has 0 aromatic carbocycles. The van der Waals surface area contributed by atoms with E-state index in [-0.39, 0.29) is 0 Å². The van der Waals surface area contributed by atoms with E-state index in [4.69, 9.17) is 9.47 Å². The molecule has 1 rings (SSSR count). The number of thiophene rings is 1. The van der Waals surface area contributed by atoms with Gasteiger partial charge in [0.1, 0.15) is 0 Å². The fraction of sp³-hybridized carbons (Fsp3) is 0.667. The Hall–Kier alpha value is -0.420. The SMILES string of the molecule is COCCOCCCNCCc1cccs1. The predicted octanol–water partition coefficient (Wildman–Crippen LogP) is 1.93. The second kappa shape index (κ2) is 9.78. The Morgan fingerprint density at radius 1 is 1.25 bits per heavy atom. The van der Waals surface area contributed by atoms with E-state index in [0.717, 1.165) is 32.5 Å². The Kier molecular flexibility index (Phi) is 8.34. The molecule has 0 atom stereocenters. The molecule has 4 heteroatoms. The highest BCUT2D eigenvalue weighted by Gasteiger charge is 1.93. The molecule has 0 bridgehead atoms. The highest BCUT2D eigenvalue weighted by atomic mass is 32.1. The molecule has 1 N–H and O–H groups in total. The lowest BCUT2D eigenvalue weighted by atomic mass is 10.3. The van der Waals surface area contributed by atoms with Crippen LogP contribution < -0.4 is 5.32 Å². The zero-order valence-electron chi connectivity index (χ0n) is 9.91. The van der Waals surface area contributed by atoms with E-state index < -0.39 is 0 Å². The van der Waals surface area contributed by atoms with Gasteiger partial charge in [-0.15, -0.1) is 11.3 Å². The van der Waals surface area contributed by atoms with Gasteiger partial charge < -0.3 is 14.8 Å². The summed E-state index contributed by atoms with van der Waals surface area (Å²) in [4.78, 5) is 1.45. The van der Waals surface area contributed by atoms with Crippen molar-refractivity contribution in [1.82, 2.24) is 5.32 Å². The van der Waals surface area contributed by atoms with Gasteiger partial charge in [-0.05, 0) is 37.4 Å². The minimum Gasteiger partial charge on any atom is -0.382 e. The Balaban J connectivity index is 1.78. The van der Waals surface area contributed by atoms with Gasteiger partial charge in [0.2, 0.25) is 0 Å². The highest BCUT2D eigenvalue weighted by Crippen LogP contribution is 2.07. The number of nitrogens with one attached hydrogen (secondary N) is 1. The first kappa shape index (κ1) is 13.6. The minimum atomic E-state index is 0.686. The van der Waals surface area contributed by atoms with E-state index in [1.54, 1.807) is 7.11 Å². The molecule has 3 nitrogen and oxygen atoms in total. The summed E-state index contributed by atoms with van der Waals surface area (Å²) in [6.07, 6.45) is 2.19. The highest BCUT2D eigenvalue weighted by molar-refractivity contribution is 7.09. The number of methoxy groups -OCH3 is 1. The summed E-state index contributed by atoms with van der Waals surface area (Å²) in [7, 11) is 1.69. The summed E-state index contributed by atoms with van der Waals surface area (Å²) in [6.45, 7) is 4.28. The van der Waals surface area contributed by atoms with Crippen molar-refractivity contribution >= 4 is 11.3 Å². The fourth-order valence-corrected chi connectivity index (χ4v) is 2.04. The molecule has 0 unspecified atom stereocenters. The average Bonchev–Trinajstić information content (AvgIpc) is 2.80. The van der Waals surface area contributed by atoms with Gasteiger partial charge in [-0.1, -0.05) is 6.07 Å². The molecule has 1 aromatic rings. The number of rotatable bonds is 10. The van der Waals surface area contributed by atoms with E-state index in [2.05, 4.69) is 22.8 Å². The van der Waals surface area contributed by atoms with Crippen molar-refractivity contribution in [2.75, 3.05) is 40.0 Å². The van der Waals surface area contributed by atoms with Crippen molar-refractivity contribution in [1.29, 1.82) is 0 Å². The van der Waals surface area contributed by atoms with Crippen LogP contribution in [0.2, 0.25) is 0 Å². The Labute approximate surface area is 102 Å². The first-order valence-corrected chi connectivity index (χ1v) is 6.61. The summed E-state index contributed by atoms with van der Waals surface area (Å²) in [5.74, 6) is 0. The van der Waals surface area contributed by atoms with Crippen molar-refractivity contribution in [3.05, 3.63) is 22.4 Å². The molecule has 0 aliphatic carbocycles. The van der Waals surface area contributed by atoms with Crippen LogP contribution >= 0.6 is 11.3 Å². The second-order valence-corrected chi connectivity index (χ2v) is 4.57. The normalized spacial score (nSPS) is 10.8. The molecule has 1 heterocycles. The number of hydrogen-bond acceptors (Lipinski definition) is 4. The van der Waals surface area contributed by atoms with E-state index in [1.165, 1.54) is 4.88 Å². The Morgan fingerprint density at radius 2 is 2.19 bits per heavy atom. The molecule has 16 heavy (non-hydrogen) atoms. The van der Waals surface area contributed by atoms with Crippen molar-refractivity contribution in [2.45, 2.75) is 12.8 Å². The van der Waals surface area contributed by atoms with Crippen LogP contribution in [0.4, 0.5) is 0 Å². The van der Waals surface area contributed by atoms with E-state index in [1.807, 2.05) is 11.3 Å². The van der Waals surface area contributed by atoms with Crippen molar-refractivity contribution < 1.29 is 9.47 Å². The molecular weight excluding hydrogens is 222 g/mol. The summed E-state index contributed by atoms with van der Waals surface area (Å²) in [6, 6.07) is 4.28. The molecule has 92 valence electrons. The standard InChI is InChI=1S/C12H21NO2S/c1-14-9-10-15-8-3-6-13-7-5-12-4-2-11-16-12/h2,4,11,13H,3,5-10H2,1H3. The van der Waals surface area contributed by atoms with Gasteiger partial charge in [-0.3, -0.25) is 0 Å². The topological polar surface area (TPSA) is 30.5 Å². The van der Waals surface area contributed by atoms with Gasteiger partial charge in [0, 0.05) is 18.6 Å². The van der Waals surface area contributed by atoms with Crippen LogP contribution in [0, 0.1) is 0 Å². The minimum absolute atomic E-state index is 0.686. The van der Waals surface area contributed by atoms with E-state index >= 15 is 0 Å². The third kappa shape index (κ3) is 6.95. The number of ether oxygens (including phenoxy) is 2. The average molecular weight is 243 g/mol. The molecule has 0 aliphatic rings. The fourth-order valence-electron chi connectivity index (χ4n) is 1.33. The maximum atomic E-state index is 5.36. The van der Waals surface area contributed by atoms with Crippen LogP contribution in [0.3, 0.4) is 0 Å². The lowest BCUT2D eigenvalue weighted by Gasteiger charge is -2.05. The quantitative estimate of drug-likeness (QED) is 0.637. The molecule has 0 aliphatic heterocycles. The van der Waals surface area contributed by atoms with Crippen LogP contribution in [0.1, 0.15) is 11.3 Å². The maximum Gasteiger partial charge on any atom is 0.0700 e. The third-order valence-electron chi connectivity index (χ3n) is 2.20. The molecule has 1 aromatic heterocycles.